The molecule has 0 unspecified atom stereocenters. The molecule has 0 heterocycles. The maximum absolute atomic E-state index is 13.5. The van der Waals surface area contributed by atoms with Crippen molar-refractivity contribution in [3.05, 3.63) is 83.3 Å². The Bertz CT molecular complexity index is 1270. The van der Waals surface area contributed by atoms with E-state index in [4.69, 9.17) is 12.3 Å². The maximum Gasteiger partial charge on any atom is 0.416 e. The summed E-state index contributed by atoms with van der Waals surface area (Å²) < 4.78 is 113. The van der Waals surface area contributed by atoms with Gasteiger partial charge in [0.05, 0.1) is 12.4 Å². The number of alkyl halides is 3. The van der Waals surface area contributed by atoms with E-state index in [1.165, 1.54) is 6.92 Å². The Morgan fingerprint density at radius 3 is 2.73 bits per heavy atom. The molecule has 0 aliphatic rings. The van der Waals surface area contributed by atoms with E-state index in [1.54, 1.807) is 24.3 Å². The van der Waals surface area contributed by atoms with Gasteiger partial charge in [0.2, 0.25) is 0 Å². The van der Waals surface area contributed by atoms with Gasteiger partial charge in [0.15, 0.2) is 0 Å². The number of nitrogens with one attached hydrogen (secondary N) is 1. The highest BCUT2D eigenvalue weighted by molar-refractivity contribution is 5.86. The smallest absolute Gasteiger partial charge is 0.310 e. The fourth-order valence-corrected chi connectivity index (χ4v) is 2.50. The van der Waals surface area contributed by atoms with Crippen LogP contribution in [0.5, 0.6) is 0 Å². The first kappa shape index (κ1) is 10.1. The quantitative estimate of drug-likeness (QED) is 0.552. The van der Waals surface area contributed by atoms with Gasteiger partial charge in [0.25, 0.3) is 0 Å². The largest absolute Gasteiger partial charge is 0.416 e. The Morgan fingerprint density at radius 2 is 1.92 bits per heavy atom. The van der Waals surface area contributed by atoms with E-state index in [1.807, 2.05) is 18.2 Å². The molecular formula is C22H22F3N. The van der Waals surface area contributed by atoms with E-state index in [0.29, 0.717) is 10.9 Å². The minimum Gasteiger partial charge on any atom is -0.310 e. The fraction of sp³-hybridized carbons (Fsp3) is 0.273. The lowest BCUT2D eigenvalue weighted by Gasteiger charge is -2.17. The van der Waals surface area contributed by atoms with Crippen molar-refractivity contribution in [3.63, 3.8) is 0 Å². The number of hydrogen-bond acceptors (Lipinski definition) is 1. The van der Waals surface area contributed by atoms with Crippen molar-refractivity contribution in [3.8, 4) is 0 Å². The van der Waals surface area contributed by atoms with Crippen LogP contribution in [0, 0.1) is 0 Å². The summed E-state index contributed by atoms with van der Waals surface area (Å²) in [6.45, 7) is 0.560. The normalized spacial score (nSPS) is 20.4. The zero-order valence-corrected chi connectivity index (χ0v) is 13.9. The average molecular weight is 366 g/mol. The lowest BCUT2D eigenvalue weighted by molar-refractivity contribution is -0.137. The van der Waals surface area contributed by atoms with Crippen LogP contribution in [0.25, 0.3) is 10.8 Å². The lowest BCUT2D eigenvalue weighted by atomic mass is 9.99. The SMILES string of the molecule is [2H]c1c([2H])c(C(F)(F)F)c([2H])c(C([2H])([2H])C([2H])([2H])CN[C@]([2H])(C)c2cccc3ccccc23)c1[2H]. The van der Waals surface area contributed by atoms with Gasteiger partial charge in [-0.05, 0) is 54.2 Å². The molecule has 3 rings (SSSR count). The van der Waals surface area contributed by atoms with Crippen LogP contribution in [0.2, 0.25) is 0 Å². The second-order valence-electron chi connectivity index (χ2n) is 5.55. The van der Waals surface area contributed by atoms with Crippen molar-refractivity contribution in [2.24, 2.45) is 0 Å². The summed E-state index contributed by atoms with van der Waals surface area (Å²) in [6.07, 6.45) is -11.6. The van der Waals surface area contributed by atoms with Crippen LogP contribution in [-0.4, -0.2) is 6.54 Å². The highest BCUT2D eigenvalue weighted by Gasteiger charge is 2.30. The van der Waals surface area contributed by atoms with Crippen molar-refractivity contribution in [2.45, 2.75) is 31.9 Å². The Balaban J connectivity index is 2.03. The molecule has 0 aliphatic carbocycles. The summed E-state index contributed by atoms with van der Waals surface area (Å²) in [6, 6.07) is 5.28. The molecule has 1 nitrogen and oxygen atoms in total. The molecule has 0 aliphatic heterocycles. The number of hydrogen-bond donors (Lipinski definition) is 1. The van der Waals surface area contributed by atoms with Crippen LogP contribution < -0.4 is 5.32 Å². The zero-order valence-electron chi connectivity index (χ0n) is 22.9. The van der Waals surface area contributed by atoms with Gasteiger partial charge in [-0.3, -0.25) is 0 Å². The lowest BCUT2D eigenvalue weighted by Crippen LogP contribution is -2.20. The third-order valence-corrected chi connectivity index (χ3v) is 3.76. The van der Waals surface area contributed by atoms with E-state index in [0.717, 1.165) is 5.39 Å². The molecule has 0 bridgehead atoms. The molecule has 0 aromatic heterocycles. The minimum atomic E-state index is -5.28. The first-order chi connectivity index (χ1) is 15.9. The average Bonchev–Trinajstić information content (AvgIpc) is 2.75. The Hall–Kier alpha value is -2.33. The van der Waals surface area contributed by atoms with E-state index >= 15 is 0 Å². The molecule has 136 valence electrons. The predicted octanol–water partition coefficient (Wildman–Crippen LogP) is 6.14. The van der Waals surface area contributed by atoms with Crippen molar-refractivity contribution in [1.82, 2.24) is 5.32 Å². The molecule has 0 saturated carbocycles. The van der Waals surface area contributed by atoms with Crippen LogP contribution >= 0.6 is 0 Å². The number of rotatable bonds is 6. The molecule has 3 aromatic carbocycles. The molecule has 1 N–H and O–H groups in total. The van der Waals surface area contributed by atoms with Crippen LogP contribution in [0.15, 0.2) is 66.6 Å². The summed E-state index contributed by atoms with van der Waals surface area (Å²) in [5.74, 6) is 0. The summed E-state index contributed by atoms with van der Waals surface area (Å²) in [5.41, 5.74) is -2.71. The highest BCUT2D eigenvalue weighted by atomic mass is 19.4. The molecule has 0 spiro atoms. The fourth-order valence-electron chi connectivity index (χ4n) is 2.50. The third-order valence-electron chi connectivity index (χ3n) is 3.76. The summed E-state index contributed by atoms with van der Waals surface area (Å²) >= 11 is 0. The van der Waals surface area contributed by atoms with Crippen molar-refractivity contribution in [2.75, 3.05) is 6.54 Å². The summed E-state index contributed by atoms with van der Waals surface area (Å²) in [7, 11) is 0. The van der Waals surface area contributed by atoms with Crippen LogP contribution in [0.1, 0.15) is 48.3 Å². The first-order valence-electron chi connectivity index (χ1n) is 12.3. The molecule has 1 atom stereocenters. The van der Waals surface area contributed by atoms with E-state index < -0.39 is 66.8 Å². The maximum atomic E-state index is 13.5. The molecule has 4 heteroatoms. The van der Waals surface area contributed by atoms with Crippen LogP contribution in [-0.2, 0) is 12.5 Å². The summed E-state index contributed by atoms with van der Waals surface area (Å²) in [4.78, 5) is 0. The Morgan fingerprint density at radius 1 is 1.15 bits per heavy atom. The predicted molar refractivity (Wildman–Crippen MR) is 100 cm³/mol. The van der Waals surface area contributed by atoms with Gasteiger partial charge in [-0.2, -0.15) is 13.2 Å². The summed E-state index contributed by atoms with van der Waals surface area (Å²) in [5, 5.41) is 4.13. The molecule has 26 heavy (non-hydrogen) atoms. The van der Waals surface area contributed by atoms with Gasteiger partial charge in [0, 0.05) is 11.5 Å². The van der Waals surface area contributed by atoms with Crippen molar-refractivity contribution >= 4 is 10.8 Å². The number of halogens is 3. The molecule has 0 fully saturated rings. The molecule has 0 saturated heterocycles. The number of fused-ring (bicyclic) bond motifs is 1. The van der Waals surface area contributed by atoms with E-state index in [9.17, 15) is 13.2 Å². The molecule has 3 aromatic rings. The third kappa shape index (κ3) is 4.44. The second-order valence-corrected chi connectivity index (χ2v) is 5.55. The van der Waals surface area contributed by atoms with E-state index in [2.05, 4.69) is 5.32 Å². The van der Waals surface area contributed by atoms with Gasteiger partial charge in [-0.15, -0.1) is 0 Å². The highest BCUT2D eigenvalue weighted by Crippen LogP contribution is 2.29. The standard InChI is InChI=1S/C22H22F3N/c1-16(20-13-5-10-18-9-2-3-12-21(18)20)26-14-6-8-17-7-4-11-19(15-17)22(23,24)25/h2-5,7,9-13,15-16,26H,6,8,14H2,1H3/t16-/m1/s1/i4D,6D2,7D,8D2,11D,15D,16D. The topological polar surface area (TPSA) is 12.0 Å². The Kier molecular flexibility index (Phi) is 3.08. The first-order valence-corrected chi connectivity index (χ1v) is 7.85. The minimum absolute atomic E-state index is 0.459. The Labute approximate surface area is 164 Å². The molecule has 0 amide bonds. The van der Waals surface area contributed by atoms with Gasteiger partial charge < -0.3 is 5.32 Å². The van der Waals surface area contributed by atoms with Crippen LogP contribution in [0.4, 0.5) is 13.2 Å². The van der Waals surface area contributed by atoms with Gasteiger partial charge >= 0.3 is 6.18 Å². The zero-order chi connectivity index (χ0) is 26.6. The number of benzene rings is 3. The van der Waals surface area contributed by atoms with Gasteiger partial charge in [0.1, 0.15) is 0 Å². The molecule has 0 radical (unpaired) electrons. The molecular weight excluding hydrogens is 335 g/mol. The van der Waals surface area contributed by atoms with Crippen molar-refractivity contribution in [1.29, 1.82) is 0 Å². The monoisotopic (exact) mass is 366 g/mol. The second kappa shape index (κ2) is 7.92. The van der Waals surface area contributed by atoms with Crippen LogP contribution in [0.3, 0.4) is 0 Å². The van der Waals surface area contributed by atoms with E-state index in [-0.39, 0.29) is 0 Å². The van der Waals surface area contributed by atoms with Gasteiger partial charge in [-0.1, -0.05) is 60.6 Å². The van der Waals surface area contributed by atoms with Crippen molar-refractivity contribution < 1.29 is 25.5 Å². The van der Waals surface area contributed by atoms with Gasteiger partial charge in [-0.25, -0.2) is 0 Å².